The standard InChI is InChI=1S/C14H19ClN2/c1-11(2)8-9-14(3,10-16)17-13-7-5-4-6-12(13)15/h4-7,11,17H,8-9H2,1-3H3. The van der Waals surface area contributed by atoms with Crippen molar-refractivity contribution < 1.29 is 0 Å². The van der Waals surface area contributed by atoms with Crippen molar-refractivity contribution in [3.05, 3.63) is 29.3 Å². The lowest BCUT2D eigenvalue weighted by molar-refractivity contribution is 0.479. The van der Waals surface area contributed by atoms with Gasteiger partial charge in [0.25, 0.3) is 0 Å². The highest BCUT2D eigenvalue weighted by molar-refractivity contribution is 6.33. The molecule has 1 rings (SSSR count). The minimum absolute atomic E-state index is 0.560. The monoisotopic (exact) mass is 250 g/mol. The SMILES string of the molecule is CC(C)CCC(C)(C#N)Nc1ccccc1Cl. The Bertz CT molecular complexity index is 409. The van der Waals surface area contributed by atoms with Gasteiger partial charge in [0.15, 0.2) is 0 Å². The number of nitrogens with zero attached hydrogens (tertiary/aromatic N) is 1. The molecule has 0 bridgehead atoms. The lowest BCUT2D eigenvalue weighted by atomic mass is 9.93. The normalized spacial score (nSPS) is 14.1. The van der Waals surface area contributed by atoms with Crippen LogP contribution in [0, 0.1) is 17.2 Å². The molecule has 2 nitrogen and oxygen atoms in total. The van der Waals surface area contributed by atoms with Gasteiger partial charge in [0.2, 0.25) is 0 Å². The van der Waals surface area contributed by atoms with Crippen LogP contribution in [-0.2, 0) is 0 Å². The third kappa shape index (κ3) is 4.28. The molecule has 1 unspecified atom stereocenters. The van der Waals surface area contributed by atoms with Gasteiger partial charge < -0.3 is 5.32 Å². The molecule has 3 heteroatoms. The third-order valence-corrected chi connectivity index (χ3v) is 3.08. The summed E-state index contributed by atoms with van der Waals surface area (Å²) in [4.78, 5) is 0. The zero-order valence-corrected chi connectivity index (χ0v) is 11.4. The van der Waals surface area contributed by atoms with Gasteiger partial charge in [-0.05, 0) is 37.8 Å². The maximum atomic E-state index is 9.29. The van der Waals surface area contributed by atoms with Crippen molar-refractivity contribution in [3.8, 4) is 6.07 Å². The number of nitrogens with one attached hydrogen (secondary N) is 1. The maximum Gasteiger partial charge on any atom is 0.122 e. The van der Waals surface area contributed by atoms with E-state index in [2.05, 4.69) is 25.2 Å². The van der Waals surface area contributed by atoms with Gasteiger partial charge in [0.05, 0.1) is 16.8 Å². The average molecular weight is 251 g/mol. The van der Waals surface area contributed by atoms with E-state index < -0.39 is 5.54 Å². The highest BCUT2D eigenvalue weighted by Crippen LogP contribution is 2.27. The molecule has 0 radical (unpaired) electrons. The first kappa shape index (κ1) is 13.9. The molecule has 0 aliphatic heterocycles. The first-order valence-corrected chi connectivity index (χ1v) is 6.28. The summed E-state index contributed by atoms with van der Waals surface area (Å²) in [6, 6.07) is 9.85. The second-order valence-corrected chi connectivity index (χ2v) is 5.39. The molecule has 0 spiro atoms. The second kappa shape index (κ2) is 5.93. The van der Waals surface area contributed by atoms with Gasteiger partial charge >= 0.3 is 0 Å². The molecule has 1 atom stereocenters. The van der Waals surface area contributed by atoms with E-state index in [4.69, 9.17) is 11.6 Å². The van der Waals surface area contributed by atoms with Crippen LogP contribution in [0.15, 0.2) is 24.3 Å². The fourth-order valence-corrected chi connectivity index (χ4v) is 1.77. The van der Waals surface area contributed by atoms with Gasteiger partial charge in [-0.15, -0.1) is 0 Å². The molecule has 17 heavy (non-hydrogen) atoms. The molecule has 0 heterocycles. The largest absolute Gasteiger partial charge is 0.366 e. The quantitative estimate of drug-likeness (QED) is 0.837. The molecule has 1 aromatic carbocycles. The number of para-hydroxylation sites is 1. The summed E-state index contributed by atoms with van der Waals surface area (Å²) in [5, 5.41) is 13.2. The fourth-order valence-electron chi connectivity index (χ4n) is 1.58. The van der Waals surface area contributed by atoms with Crippen LogP contribution in [0.3, 0.4) is 0 Å². The summed E-state index contributed by atoms with van der Waals surface area (Å²) in [6.45, 7) is 6.24. The third-order valence-electron chi connectivity index (χ3n) is 2.75. The number of hydrogen-bond donors (Lipinski definition) is 1. The first-order valence-electron chi connectivity index (χ1n) is 5.91. The van der Waals surface area contributed by atoms with Crippen LogP contribution in [0.2, 0.25) is 5.02 Å². The van der Waals surface area contributed by atoms with Crippen molar-refractivity contribution in [3.63, 3.8) is 0 Å². The van der Waals surface area contributed by atoms with Crippen molar-refractivity contribution >= 4 is 17.3 Å². The zero-order chi connectivity index (χ0) is 12.9. The van der Waals surface area contributed by atoms with Crippen LogP contribution in [0.4, 0.5) is 5.69 Å². The summed E-state index contributed by atoms with van der Waals surface area (Å²) in [6.07, 6.45) is 1.83. The van der Waals surface area contributed by atoms with E-state index in [-0.39, 0.29) is 0 Å². The van der Waals surface area contributed by atoms with E-state index in [9.17, 15) is 5.26 Å². The Hall–Kier alpha value is -1.20. The summed E-state index contributed by atoms with van der Waals surface area (Å²) in [5.41, 5.74) is 0.261. The molecule has 1 aromatic rings. The van der Waals surface area contributed by atoms with Crippen molar-refractivity contribution in [2.24, 2.45) is 5.92 Å². The van der Waals surface area contributed by atoms with Gasteiger partial charge in [-0.25, -0.2) is 0 Å². The number of halogens is 1. The highest BCUT2D eigenvalue weighted by atomic mass is 35.5. The Morgan fingerprint density at radius 3 is 2.59 bits per heavy atom. The van der Waals surface area contributed by atoms with E-state index in [1.165, 1.54) is 0 Å². The van der Waals surface area contributed by atoms with E-state index in [1.54, 1.807) is 0 Å². The number of hydrogen-bond acceptors (Lipinski definition) is 2. The van der Waals surface area contributed by atoms with Crippen LogP contribution < -0.4 is 5.32 Å². The zero-order valence-electron chi connectivity index (χ0n) is 10.6. The summed E-state index contributed by atoms with van der Waals surface area (Å²) >= 11 is 6.08. The Labute approximate surface area is 109 Å². The average Bonchev–Trinajstić information content (AvgIpc) is 2.30. The van der Waals surface area contributed by atoms with Crippen LogP contribution >= 0.6 is 11.6 Å². The first-order chi connectivity index (χ1) is 7.97. The van der Waals surface area contributed by atoms with E-state index in [0.29, 0.717) is 10.9 Å². The van der Waals surface area contributed by atoms with Crippen molar-refractivity contribution in [2.45, 2.75) is 39.2 Å². The smallest absolute Gasteiger partial charge is 0.122 e. The Balaban J connectivity index is 2.76. The lowest BCUT2D eigenvalue weighted by Gasteiger charge is -2.25. The Kier molecular flexibility index (Phi) is 4.84. The fraction of sp³-hybridized carbons (Fsp3) is 0.500. The molecule has 0 saturated heterocycles. The van der Waals surface area contributed by atoms with Gasteiger partial charge in [-0.1, -0.05) is 37.6 Å². The van der Waals surface area contributed by atoms with Crippen molar-refractivity contribution in [2.75, 3.05) is 5.32 Å². The molecule has 0 fully saturated rings. The van der Waals surface area contributed by atoms with Crippen molar-refractivity contribution in [1.82, 2.24) is 0 Å². The van der Waals surface area contributed by atoms with Crippen LogP contribution in [0.25, 0.3) is 0 Å². The predicted octanol–water partition coefficient (Wildman–Crippen LogP) is 4.47. The van der Waals surface area contributed by atoms with Gasteiger partial charge in [-0.2, -0.15) is 5.26 Å². The number of nitriles is 1. The number of rotatable bonds is 5. The Morgan fingerprint density at radius 1 is 1.41 bits per heavy atom. The van der Waals surface area contributed by atoms with E-state index in [0.717, 1.165) is 18.5 Å². The molecule has 0 aromatic heterocycles. The molecule has 0 saturated carbocycles. The molecule has 0 aliphatic rings. The minimum Gasteiger partial charge on any atom is -0.366 e. The van der Waals surface area contributed by atoms with Crippen LogP contribution in [-0.4, -0.2) is 5.54 Å². The highest BCUT2D eigenvalue weighted by Gasteiger charge is 2.24. The van der Waals surface area contributed by atoms with Gasteiger partial charge in [0.1, 0.15) is 5.54 Å². The minimum atomic E-state index is -0.560. The van der Waals surface area contributed by atoms with Gasteiger partial charge in [-0.3, -0.25) is 0 Å². The molecular formula is C14H19ClN2. The molecule has 0 aliphatic carbocycles. The van der Waals surface area contributed by atoms with Crippen LogP contribution in [0.1, 0.15) is 33.6 Å². The summed E-state index contributed by atoms with van der Waals surface area (Å²) in [5.74, 6) is 0.593. The number of benzene rings is 1. The predicted molar refractivity (Wildman–Crippen MR) is 73.2 cm³/mol. The van der Waals surface area contributed by atoms with E-state index in [1.807, 2.05) is 31.2 Å². The molecular weight excluding hydrogens is 232 g/mol. The lowest BCUT2D eigenvalue weighted by Crippen LogP contribution is -2.33. The summed E-state index contributed by atoms with van der Waals surface area (Å²) in [7, 11) is 0. The van der Waals surface area contributed by atoms with E-state index >= 15 is 0 Å². The topological polar surface area (TPSA) is 35.8 Å². The van der Waals surface area contributed by atoms with Gasteiger partial charge in [0, 0.05) is 0 Å². The van der Waals surface area contributed by atoms with Crippen molar-refractivity contribution in [1.29, 1.82) is 5.26 Å². The molecule has 1 N–H and O–H groups in total. The summed E-state index contributed by atoms with van der Waals surface area (Å²) < 4.78 is 0. The Morgan fingerprint density at radius 2 is 2.06 bits per heavy atom. The second-order valence-electron chi connectivity index (χ2n) is 4.98. The molecule has 92 valence electrons. The number of anilines is 1. The maximum absolute atomic E-state index is 9.29. The molecule has 0 amide bonds. The van der Waals surface area contributed by atoms with Crippen LogP contribution in [0.5, 0.6) is 0 Å².